The van der Waals surface area contributed by atoms with Gasteiger partial charge in [0, 0.05) is 58.0 Å². The lowest BCUT2D eigenvalue weighted by Gasteiger charge is -2.36. The number of hydrogen-bond acceptors (Lipinski definition) is 4. The zero-order valence-corrected chi connectivity index (χ0v) is 15.5. The Hall–Kier alpha value is -1.10. The van der Waals surface area contributed by atoms with Crippen LogP contribution in [0.1, 0.15) is 12.5 Å². The maximum atomic E-state index is 2.60. The third-order valence-electron chi connectivity index (χ3n) is 4.97. The van der Waals surface area contributed by atoms with Crippen molar-refractivity contribution < 1.29 is 0 Å². The lowest BCUT2D eigenvalue weighted by molar-refractivity contribution is 0.203. The molecule has 1 fully saturated rings. The molecule has 1 saturated heterocycles. The first-order chi connectivity index (χ1) is 11.1. The van der Waals surface area contributed by atoms with E-state index in [9.17, 15) is 0 Å². The van der Waals surface area contributed by atoms with Crippen LogP contribution in [0.5, 0.6) is 0 Å². The van der Waals surface area contributed by atoms with Crippen molar-refractivity contribution in [2.45, 2.75) is 13.8 Å². The van der Waals surface area contributed by atoms with Gasteiger partial charge in [-0.15, -0.1) is 0 Å². The molecule has 1 aromatic rings. The molecule has 0 aromatic heterocycles. The maximum absolute atomic E-state index is 2.60. The fourth-order valence-electron chi connectivity index (χ4n) is 2.91. The Morgan fingerprint density at radius 1 is 0.870 bits per heavy atom. The highest BCUT2D eigenvalue weighted by Gasteiger charge is 2.17. The number of benzene rings is 1. The molecule has 4 nitrogen and oxygen atoms in total. The zero-order chi connectivity index (χ0) is 16.7. The summed E-state index contributed by atoms with van der Waals surface area (Å²) in [6.07, 6.45) is 0. The van der Waals surface area contributed by atoms with Gasteiger partial charge in [0.15, 0.2) is 0 Å². The van der Waals surface area contributed by atoms with Crippen LogP contribution in [0.3, 0.4) is 0 Å². The summed E-state index contributed by atoms with van der Waals surface area (Å²) >= 11 is 0. The van der Waals surface area contributed by atoms with Gasteiger partial charge in [-0.05, 0) is 39.7 Å². The van der Waals surface area contributed by atoms with E-state index in [2.05, 4.69) is 71.8 Å². The molecule has 0 atom stereocenters. The van der Waals surface area contributed by atoms with Crippen LogP contribution < -0.4 is 4.90 Å². The molecule has 0 amide bonds. The molecular formula is C19H34N4. The normalized spacial score (nSPS) is 16.5. The summed E-state index contributed by atoms with van der Waals surface area (Å²) in [5.74, 6) is 0. The Bertz CT molecular complexity index is 437. The minimum Gasteiger partial charge on any atom is -0.369 e. The highest BCUT2D eigenvalue weighted by molar-refractivity contribution is 5.47. The summed E-state index contributed by atoms with van der Waals surface area (Å²) in [7, 11) is 4.43. The van der Waals surface area contributed by atoms with Gasteiger partial charge >= 0.3 is 0 Å². The van der Waals surface area contributed by atoms with Crippen LogP contribution in [0, 0.1) is 6.92 Å². The van der Waals surface area contributed by atoms with Crippen molar-refractivity contribution in [1.29, 1.82) is 0 Å². The molecule has 130 valence electrons. The van der Waals surface area contributed by atoms with E-state index in [0.29, 0.717) is 0 Å². The minimum absolute atomic E-state index is 1.13. The number of hydrogen-bond donors (Lipinski definition) is 0. The summed E-state index contributed by atoms with van der Waals surface area (Å²) in [6, 6.07) is 8.93. The second kappa shape index (κ2) is 9.26. The van der Waals surface area contributed by atoms with Crippen LogP contribution in [0.2, 0.25) is 0 Å². The van der Waals surface area contributed by atoms with Gasteiger partial charge in [-0.1, -0.05) is 24.6 Å². The molecule has 0 radical (unpaired) electrons. The van der Waals surface area contributed by atoms with Crippen LogP contribution in [0.25, 0.3) is 0 Å². The van der Waals surface area contributed by atoms with Crippen molar-refractivity contribution in [3.05, 3.63) is 29.8 Å². The van der Waals surface area contributed by atoms with Crippen LogP contribution in [0.15, 0.2) is 24.3 Å². The SMILES string of the molecule is CCN(C)CCN(C)CCN1CCN(c2ccc(C)cc2)CC1. The molecular weight excluding hydrogens is 284 g/mol. The largest absolute Gasteiger partial charge is 0.369 e. The summed E-state index contributed by atoms with van der Waals surface area (Å²) in [4.78, 5) is 9.94. The number of likely N-dealkylation sites (N-methyl/N-ethyl adjacent to an activating group) is 2. The number of aryl methyl sites for hydroxylation is 1. The van der Waals surface area contributed by atoms with Gasteiger partial charge in [-0.3, -0.25) is 4.90 Å². The molecule has 1 heterocycles. The lowest BCUT2D eigenvalue weighted by atomic mass is 10.2. The molecule has 23 heavy (non-hydrogen) atoms. The average Bonchev–Trinajstić information content (AvgIpc) is 2.59. The smallest absolute Gasteiger partial charge is 0.0367 e. The second-order valence-electron chi connectivity index (χ2n) is 6.86. The van der Waals surface area contributed by atoms with Crippen LogP contribution in [-0.4, -0.2) is 87.7 Å². The minimum atomic E-state index is 1.13. The molecule has 0 unspecified atom stereocenters. The topological polar surface area (TPSA) is 13.0 Å². The molecule has 0 saturated carbocycles. The van der Waals surface area contributed by atoms with E-state index in [-0.39, 0.29) is 0 Å². The van der Waals surface area contributed by atoms with E-state index in [1.807, 2.05) is 0 Å². The lowest BCUT2D eigenvalue weighted by Crippen LogP contribution is -2.48. The molecule has 0 bridgehead atoms. The monoisotopic (exact) mass is 318 g/mol. The number of rotatable bonds is 8. The first kappa shape index (κ1) is 18.2. The van der Waals surface area contributed by atoms with E-state index in [4.69, 9.17) is 0 Å². The summed E-state index contributed by atoms with van der Waals surface area (Å²) in [6.45, 7) is 14.8. The third kappa shape index (κ3) is 6.13. The van der Waals surface area contributed by atoms with Crippen LogP contribution in [-0.2, 0) is 0 Å². The number of anilines is 1. The highest BCUT2D eigenvalue weighted by Crippen LogP contribution is 2.16. The highest BCUT2D eigenvalue weighted by atomic mass is 15.3. The molecule has 1 aromatic carbocycles. The van der Waals surface area contributed by atoms with Crippen molar-refractivity contribution >= 4 is 5.69 Å². The van der Waals surface area contributed by atoms with E-state index in [0.717, 1.165) is 32.7 Å². The van der Waals surface area contributed by atoms with Crippen LogP contribution in [0.4, 0.5) is 5.69 Å². The van der Waals surface area contributed by atoms with Crippen molar-refractivity contribution in [3.63, 3.8) is 0 Å². The number of nitrogens with zero attached hydrogens (tertiary/aromatic N) is 4. The fourth-order valence-corrected chi connectivity index (χ4v) is 2.91. The van der Waals surface area contributed by atoms with Gasteiger partial charge in [-0.2, -0.15) is 0 Å². The predicted molar refractivity (Wildman–Crippen MR) is 101 cm³/mol. The van der Waals surface area contributed by atoms with Gasteiger partial charge in [0.2, 0.25) is 0 Å². The Balaban J connectivity index is 1.65. The molecule has 1 aliphatic rings. The summed E-state index contributed by atoms with van der Waals surface area (Å²) in [5.41, 5.74) is 2.71. The quantitative estimate of drug-likeness (QED) is 0.727. The third-order valence-corrected chi connectivity index (χ3v) is 4.97. The van der Waals surface area contributed by atoms with E-state index in [1.54, 1.807) is 0 Å². The Morgan fingerprint density at radius 2 is 1.48 bits per heavy atom. The first-order valence-electron chi connectivity index (χ1n) is 8.99. The van der Waals surface area contributed by atoms with Gasteiger partial charge in [0.05, 0.1) is 0 Å². The van der Waals surface area contributed by atoms with E-state index < -0.39 is 0 Å². The molecule has 4 heteroatoms. The fraction of sp³-hybridized carbons (Fsp3) is 0.684. The van der Waals surface area contributed by atoms with Gasteiger partial charge in [0.1, 0.15) is 0 Å². The molecule has 0 aliphatic carbocycles. The zero-order valence-electron chi connectivity index (χ0n) is 15.5. The molecule has 0 N–H and O–H groups in total. The average molecular weight is 319 g/mol. The van der Waals surface area contributed by atoms with Gasteiger partial charge < -0.3 is 14.7 Å². The van der Waals surface area contributed by atoms with Gasteiger partial charge in [-0.25, -0.2) is 0 Å². The van der Waals surface area contributed by atoms with Crippen molar-refractivity contribution in [1.82, 2.24) is 14.7 Å². The molecule has 2 rings (SSSR count). The van der Waals surface area contributed by atoms with Crippen molar-refractivity contribution in [3.8, 4) is 0 Å². The second-order valence-corrected chi connectivity index (χ2v) is 6.86. The Kier molecular flexibility index (Phi) is 7.34. The van der Waals surface area contributed by atoms with E-state index >= 15 is 0 Å². The standard InChI is InChI=1S/C19H34N4/c1-5-20(3)10-11-21(4)12-13-22-14-16-23(17-15-22)19-8-6-18(2)7-9-19/h6-9H,5,10-17H2,1-4H3. The first-order valence-corrected chi connectivity index (χ1v) is 8.99. The molecule has 1 aliphatic heterocycles. The summed E-state index contributed by atoms with van der Waals surface area (Å²) in [5, 5.41) is 0. The number of piperazine rings is 1. The summed E-state index contributed by atoms with van der Waals surface area (Å²) < 4.78 is 0. The maximum Gasteiger partial charge on any atom is 0.0367 e. The predicted octanol–water partition coefficient (Wildman–Crippen LogP) is 2.00. The van der Waals surface area contributed by atoms with Crippen LogP contribution >= 0.6 is 0 Å². The Labute approximate surface area is 142 Å². The van der Waals surface area contributed by atoms with Gasteiger partial charge in [0.25, 0.3) is 0 Å². The van der Waals surface area contributed by atoms with E-state index in [1.165, 1.54) is 37.4 Å². The van der Waals surface area contributed by atoms with Crippen molar-refractivity contribution in [2.24, 2.45) is 0 Å². The Morgan fingerprint density at radius 3 is 2.09 bits per heavy atom. The molecule has 0 spiro atoms. The van der Waals surface area contributed by atoms with Crippen molar-refractivity contribution in [2.75, 3.05) is 77.9 Å².